The number of hydrogen-bond acceptors (Lipinski definition) is 2. The molecule has 0 aliphatic carbocycles. The lowest BCUT2D eigenvalue weighted by molar-refractivity contribution is 0.0664. The zero-order valence-electron chi connectivity index (χ0n) is 12.1. The third-order valence-corrected chi connectivity index (χ3v) is 4.32. The van der Waals surface area contributed by atoms with Crippen LogP contribution < -0.4 is 0 Å². The Hall–Kier alpha value is -0.770. The molecule has 0 atom stereocenters. The Labute approximate surface area is 130 Å². The van der Waals surface area contributed by atoms with Crippen LogP contribution in [0.3, 0.4) is 0 Å². The maximum Gasteiger partial charge on any atom is 0.254 e. The summed E-state index contributed by atoms with van der Waals surface area (Å²) in [6.45, 7) is 7.37. The van der Waals surface area contributed by atoms with Crippen molar-refractivity contribution in [2.75, 3.05) is 33.2 Å². The van der Waals surface area contributed by atoms with Crippen molar-refractivity contribution in [3.63, 3.8) is 0 Å². The molecule has 1 heterocycles. The van der Waals surface area contributed by atoms with E-state index in [0.29, 0.717) is 15.6 Å². The summed E-state index contributed by atoms with van der Waals surface area (Å²) in [5.41, 5.74) is 1.48. The maximum atomic E-state index is 12.5. The molecule has 5 heteroatoms. The minimum atomic E-state index is 0.0113. The fourth-order valence-corrected chi connectivity index (χ4v) is 3.37. The van der Waals surface area contributed by atoms with Crippen molar-refractivity contribution in [1.29, 1.82) is 0 Å². The summed E-state index contributed by atoms with van der Waals surface area (Å²) < 4.78 is 0. The van der Waals surface area contributed by atoms with Crippen molar-refractivity contribution in [2.24, 2.45) is 0 Å². The van der Waals surface area contributed by atoms with Gasteiger partial charge in [-0.1, -0.05) is 37.0 Å². The normalized spacial score (nSPS) is 16.8. The molecule has 1 amide bonds. The van der Waals surface area contributed by atoms with E-state index in [1.165, 1.54) is 0 Å². The molecular weight excluding hydrogens is 295 g/mol. The molecule has 1 aromatic rings. The lowest BCUT2D eigenvalue weighted by atomic mass is 10.0. The van der Waals surface area contributed by atoms with Crippen molar-refractivity contribution in [2.45, 2.75) is 19.8 Å². The van der Waals surface area contributed by atoms with Crippen LogP contribution >= 0.6 is 23.2 Å². The average molecular weight is 315 g/mol. The van der Waals surface area contributed by atoms with Gasteiger partial charge in [0.1, 0.15) is 0 Å². The van der Waals surface area contributed by atoms with Crippen LogP contribution in [0, 0.1) is 0 Å². The highest BCUT2D eigenvalue weighted by atomic mass is 35.5. The lowest BCUT2D eigenvalue weighted by Gasteiger charge is -2.32. The largest absolute Gasteiger partial charge is 0.336 e. The van der Waals surface area contributed by atoms with Gasteiger partial charge in [-0.2, -0.15) is 0 Å². The number of amides is 1. The fraction of sp³-hybridized carbons (Fsp3) is 0.533. The summed E-state index contributed by atoms with van der Waals surface area (Å²) >= 11 is 12.5. The first-order chi connectivity index (χ1) is 9.40. The van der Waals surface area contributed by atoms with Gasteiger partial charge in [0.05, 0.1) is 0 Å². The van der Waals surface area contributed by atoms with Crippen LogP contribution in [0.2, 0.25) is 10.0 Å². The third-order valence-electron chi connectivity index (χ3n) is 3.69. The van der Waals surface area contributed by atoms with Crippen LogP contribution in [0.5, 0.6) is 0 Å². The number of piperazine rings is 1. The molecule has 0 aromatic heterocycles. The van der Waals surface area contributed by atoms with Gasteiger partial charge in [0.15, 0.2) is 0 Å². The molecule has 0 bridgehead atoms. The first kappa shape index (κ1) is 15.6. The van der Waals surface area contributed by atoms with Crippen molar-refractivity contribution >= 4 is 29.1 Å². The van der Waals surface area contributed by atoms with E-state index < -0.39 is 0 Å². The van der Waals surface area contributed by atoms with Crippen LogP contribution in [-0.2, 0) is 0 Å². The predicted molar refractivity (Wildman–Crippen MR) is 84.0 cm³/mol. The molecule has 110 valence electrons. The van der Waals surface area contributed by atoms with Crippen molar-refractivity contribution in [1.82, 2.24) is 9.80 Å². The van der Waals surface area contributed by atoms with Crippen molar-refractivity contribution in [3.8, 4) is 0 Å². The summed E-state index contributed by atoms with van der Waals surface area (Å²) in [6, 6.07) is 3.48. The van der Waals surface area contributed by atoms with Crippen LogP contribution in [0.4, 0.5) is 0 Å². The number of benzene rings is 1. The molecule has 1 aliphatic rings. The van der Waals surface area contributed by atoms with Crippen LogP contribution in [-0.4, -0.2) is 48.9 Å². The molecule has 1 aromatic carbocycles. The Kier molecular flexibility index (Phi) is 4.95. The summed E-state index contributed by atoms with van der Waals surface area (Å²) in [4.78, 5) is 16.6. The Morgan fingerprint density at radius 2 is 1.60 bits per heavy atom. The van der Waals surface area contributed by atoms with Gasteiger partial charge in [-0.05, 0) is 30.7 Å². The first-order valence-electron chi connectivity index (χ1n) is 6.87. The summed E-state index contributed by atoms with van der Waals surface area (Å²) in [5.74, 6) is 0.250. The highest BCUT2D eigenvalue weighted by molar-refractivity contribution is 6.36. The fourth-order valence-electron chi connectivity index (χ4n) is 2.45. The van der Waals surface area contributed by atoms with Gasteiger partial charge < -0.3 is 9.80 Å². The second-order valence-corrected chi connectivity index (χ2v) is 6.42. The Bertz CT molecular complexity index is 486. The van der Waals surface area contributed by atoms with Gasteiger partial charge in [0.2, 0.25) is 0 Å². The van der Waals surface area contributed by atoms with E-state index in [4.69, 9.17) is 23.2 Å². The molecule has 0 N–H and O–H groups in total. The second-order valence-electron chi connectivity index (χ2n) is 5.60. The van der Waals surface area contributed by atoms with E-state index in [1.807, 2.05) is 18.7 Å². The first-order valence-corrected chi connectivity index (χ1v) is 7.62. The molecular formula is C15H20Cl2N2O. The van der Waals surface area contributed by atoms with E-state index in [1.54, 1.807) is 12.1 Å². The minimum absolute atomic E-state index is 0.0113. The SMILES string of the molecule is CC(C)c1c(Cl)cc(C(=O)N2CCN(C)CC2)cc1Cl. The monoisotopic (exact) mass is 314 g/mol. The van der Waals surface area contributed by atoms with E-state index in [0.717, 1.165) is 31.7 Å². The summed E-state index contributed by atoms with van der Waals surface area (Å²) in [7, 11) is 2.06. The topological polar surface area (TPSA) is 23.6 Å². The zero-order valence-corrected chi connectivity index (χ0v) is 13.6. The van der Waals surface area contributed by atoms with Gasteiger partial charge in [-0.15, -0.1) is 0 Å². The van der Waals surface area contributed by atoms with Gasteiger partial charge in [-0.25, -0.2) is 0 Å². The average Bonchev–Trinajstić information content (AvgIpc) is 2.37. The highest BCUT2D eigenvalue weighted by Gasteiger charge is 2.22. The third kappa shape index (κ3) is 3.27. The quantitative estimate of drug-likeness (QED) is 0.834. The van der Waals surface area contributed by atoms with Gasteiger partial charge >= 0.3 is 0 Å². The molecule has 1 aliphatic heterocycles. The molecule has 2 rings (SSSR count). The molecule has 1 fully saturated rings. The number of nitrogens with zero attached hydrogens (tertiary/aromatic N) is 2. The highest BCUT2D eigenvalue weighted by Crippen LogP contribution is 2.33. The number of rotatable bonds is 2. The Morgan fingerprint density at radius 3 is 2.05 bits per heavy atom. The number of carbonyl (C=O) groups is 1. The number of hydrogen-bond donors (Lipinski definition) is 0. The molecule has 1 saturated heterocycles. The van der Waals surface area contributed by atoms with Crippen LogP contribution in [0.15, 0.2) is 12.1 Å². The predicted octanol–water partition coefficient (Wildman–Crippen LogP) is 3.50. The number of carbonyl (C=O) groups excluding carboxylic acids is 1. The zero-order chi connectivity index (χ0) is 14.9. The molecule has 20 heavy (non-hydrogen) atoms. The smallest absolute Gasteiger partial charge is 0.254 e. The minimum Gasteiger partial charge on any atom is -0.336 e. The van der Waals surface area contributed by atoms with Gasteiger partial charge in [0, 0.05) is 41.8 Å². The second kappa shape index (κ2) is 6.33. The maximum absolute atomic E-state index is 12.5. The van der Waals surface area contributed by atoms with Gasteiger partial charge in [0.25, 0.3) is 5.91 Å². The van der Waals surface area contributed by atoms with Gasteiger partial charge in [-0.3, -0.25) is 4.79 Å². The number of halogens is 2. The van der Waals surface area contributed by atoms with E-state index in [2.05, 4.69) is 11.9 Å². The van der Waals surface area contributed by atoms with E-state index >= 15 is 0 Å². The number of likely N-dealkylation sites (N-methyl/N-ethyl adjacent to an activating group) is 1. The Morgan fingerprint density at radius 1 is 1.10 bits per heavy atom. The molecule has 0 spiro atoms. The Balaban J connectivity index is 2.23. The van der Waals surface area contributed by atoms with Crippen molar-refractivity contribution < 1.29 is 4.79 Å². The standard InChI is InChI=1S/C15H20Cl2N2O/c1-10(2)14-12(16)8-11(9-13(14)17)15(20)19-6-4-18(3)5-7-19/h8-10H,4-7H2,1-3H3. The molecule has 0 saturated carbocycles. The lowest BCUT2D eigenvalue weighted by Crippen LogP contribution is -2.47. The molecule has 0 radical (unpaired) electrons. The summed E-state index contributed by atoms with van der Waals surface area (Å²) in [5, 5.41) is 1.15. The summed E-state index contributed by atoms with van der Waals surface area (Å²) in [6.07, 6.45) is 0. The molecule has 3 nitrogen and oxygen atoms in total. The van der Waals surface area contributed by atoms with E-state index in [9.17, 15) is 4.79 Å². The van der Waals surface area contributed by atoms with Crippen LogP contribution in [0.1, 0.15) is 35.7 Å². The van der Waals surface area contributed by atoms with Crippen LogP contribution in [0.25, 0.3) is 0 Å². The van der Waals surface area contributed by atoms with Crippen molar-refractivity contribution in [3.05, 3.63) is 33.3 Å². The molecule has 0 unspecified atom stereocenters. The van der Waals surface area contributed by atoms with E-state index in [-0.39, 0.29) is 11.8 Å².